The second-order valence-corrected chi connectivity index (χ2v) is 5.48. The van der Waals surface area contributed by atoms with E-state index in [1.165, 1.54) is 0 Å². The highest BCUT2D eigenvalue weighted by molar-refractivity contribution is 5.76. The molecule has 0 radical (unpaired) electrons. The molecule has 4 nitrogen and oxygen atoms in total. The number of ether oxygens (including phenoxy) is 2. The van der Waals surface area contributed by atoms with Crippen molar-refractivity contribution >= 4 is 11.9 Å². The second kappa shape index (κ2) is 5.52. The first-order chi connectivity index (χ1) is 7.83. The smallest absolute Gasteiger partial charge is 0.309 e. The van der Waals surface area contributed by atoms with Crippen molar-refractivity contribution in [3.8, 4) is 0 Å². The van der Waals surface area contributed by atoms with Crippen molar-refractivity contribution in [2.45, 2.75) is 52.6 Å². The highest BCUT2D eigenvalue weighted by Crippen LogP contribution is 2.43. The maximum atomic E-state index is 11.5. The third kappa shape index (κ3) is 5.20. The van der Waals surface area contributed by atoms with Gasteiger partial charge in [0.2, 0.25) is 0 Å². The Labute approximate surface area is 103 Å². The summed E-state index contributed by atoms with van der Waals surface area (Å²) in [7, 11) is 0. The minimum Gasteiger partial charge on any atom is -0.466 e. The highest BCUT2D eigenvalue weighted by atomic mass is 16.6. The van der Waals surface area contributed by atoms with E-state index < -0.39 is 5.60 Å². The zero-order valence-electron chi connectivity index (χ0n) is 11.1. The number of hydrogen-bond donors (Lipinski definition) is 0. The minimum atomic E-state index is -0.429. The zero-order chi connectivity index (χ0) is 13.1. The molecule has 0 aliphatic heterocycles. The van der Waals surface area contributed by atoms with E-state index in [4.69, 9.17) is 9.47 Å². The van der Waals surface area contributed by atoms with E-state index in [1.54, 1.807) is 6.92 Å². The number of carbonyl (C=O) groups excluding carboxylic acids is 2. The topological polar surface area (TPSA) is 52.6 Å². The van der Waals surface area contributed by atoms with Crippen molar-refractivity contribution in [3.63, 3.8) is 0 Å². The summed E-state index contributed by atoms with van der Waals surface area (Å²) in [5.74, 6) is 0.00709. The number of carbonyl (C=O) groups is 2. The molecule has 17 heavy (non-hydrogen) atoms. The lowest BCUT2D eigenvalue weighted by molar-refractivity contribution is -0.155. The van der Waals surface area contributed by atoms with Gasteiger partial charge in [-0.1, -0.05) is 0 Å². The van der Waals surface area contributed by atoms with Crippen LogP contribution in [0.25, 0.3) is 0 Å². The molecule has 0 amide bonds. The van der Waals surface area contributed by atoms with Crippen LogP contribution in [0.2, 0.25) is 0 Å². The fourth-order valence-electron chi connectivity index (χ4n) is 1.80. The lowest BCUT2D eigenvalue weighted by Gasteiger charge is -2.19. The van der Waals surface area contributed by atoms with E-state index in [-0.39, 0.29) is 17.9 Å². The molecule has 1 aliphatic carbocycles. The SMILES string of the molecule is CCOC(=O)[C@H]1C[C@@H]1CCC(=O)OC(C)(C)C. The summed E-state index contributed by atoms with van der Waals surface area (Å²) in [5.41, 5.74) is -0.429. The predicted molar refractivity (Wildman–Crippen MR) is 63.3 cm³/mol. The summed E-state index contributed by atoms with van der Waals surface area (Å²) >= 11 is 0. The van der Waals surface area contributed by atoms with Gasteiger partial charge in [0.15, 0.2) is 0 Å². The van der Waals surface area contributed by atoms with Gasteiger partial charge < -0.3 is 9.47 Å². The first kappa shape index (κ1) is 14.0. The summed E-state index contributed by atoms with van der Waals surface area (Å²) in [6.07, 6.45) is 1.96. The molecule has 1 saturated carbocycles. The van der Waals surface area contributed by atoms with Gasteiger partial charge in [0.1, 0.15) is 5.60 Å². The van der Waals surface area contributed by atoms with Crippen molar-refractivity contribution in [1.29, 1.82) is 0 Å². The highest BCUT2D eigenvalue weighted by Gasteiger charge is 2.43. The number of hydrogen-bond acceptors (Lipinski definition) is 4. The summed E-state index contributed by atoms with van der Waals surface area (Å²) in [6.45, 7) is 7.78. The fraction of sp³-hybridized carbons (Fsp3) is 0.846. The quantitative estimate of drug-likeness (QED) is 0.694. The van der Waals surface area contributed by atoms with Crippen molar-refractivity contribution in [1.82, 2.24) is 0 Å². The lowest BCUT2D eigenvalue weighted by atomic mass is 10.1. The van der Waals surface area contributed by atoms with Gasteiger partial charge in [-0.05, 0) is 46.5 Å². The van der Waals surface area contributed by atoms with Crippen LogP contribution in [0.1, 0.15) is 47.0 Å². The molecule has 0 aromatic rings. The first-order valence-corrected chi connectivity index (χ1v) is 6.22. The Kier molecular flexibility index (Phi) is 4.54. The molecule has 0 aromatic carbocycles. The fourth-order valence-corrected chi connectivity index (χ4v) is 1.80. The molecule has 4 heteroatoms. The molecule has 0 unspecified atom stereocenters. The molecular weight excluding hydrogens is 220 g/mol. The predicted octanol–water partition coefficient (Wildman–Crippen LogP) is 2.31. The van der Waals surface area contributed by atoms with Crippen LogP contribution in [0.3, 0.4) is 0 Å². The molecular formula is C13H22O4. The van der Waals surface area contributed by atoms with Crippen LogP contribution >= 0.6 is 0 Å². The lowest BCUT2D eigenvalue weighted by Crippen LogP contribution is -2.23. The van der Waals surface area contributed by atoms with Crippen LogP contribution in [0.5, 0.6) is 0 Å². The molecule has 2 atom stereocenters. The van der Waals surface area contributed by atoms with Gasteiger partial charge in [-0.3, -0.25) is 9.59 Å². The van der Waals surface area contributed by atoms with Crippen LogP contribution in [-0.4, -0.2) is 24.1 Å². The molecule has 0 aromatic heterocycles. The zero-order valence-corrected chi connectivity index (χ0v) is 11.1. The largest absolute Gasteiger partial charge is 0.466 e. The van der Waals surface area contributed by atoms with Crippen molar-refractivity contribution in [2.24, 2.45) is 11.8 Å². The Balaban J connectivity index is 2.17. The molecule has 1 rings (SSSR count). The first-order valence-electron chi connectivity index (χ1n) is 6.22. The van der Waals surface area contributed by atoms with Crippen LogP contribution in [0, 0.1) is 11.8 Å². The molecule has 0 bridgehead atoms. The van der Waals surface area contributed by atoms with Gasteiger partial charge in [-0.2, -0.15) is 0 Å². The maximum absolute atomic E-state index is 11.5. The van der Waals surface area contributed by atoms with Gasteiger partial charge in [-0.25, -0.2) is 0 Å². The van der Waals surface area contributed by atoms with Gasteiger partial charge in [-0.15, -0.1) is 0 Å². The van der Waals surface area contributed by atoms with Crippen LogP contribution in [-0.2, 0) is 19.1 Å². The Morgan fingerprint density at radius 1 is 1.29 bits per heavy atom. The van der Waals surface area contributed by atoms with E-state index in [9.17, 15) is 9.59 Å². The van der Waals surface area contributed by atoms with Crippen LogP contribution in [0.15, 0.2) is 0 Å². The number of esters is 2. The molecule has 98 valence electrons. The molecule has 0 N–H and O–H groups in total. The Hall–Kier alpha value is -1.06. The summed E-state index contributed by atoms with van der Waals surface area (Å²) in [6, 6.07) is 0. The Bertz CT molecular complexity index is 290. The third-order valence-electron chi connectivity index (χ3n) is 2.65. The molecule has 1 aliphatic rings. The van der Waals surface area contributed by atoms with E-state index >= 15 is 0 Å². The van der Waals surface area contributed by atoms with Crippen molar-refractivity contribution in [2.75, 3.05) is 6.61 Å². The van der Waals surface area contributed by atoms with Gasteiger partial charge in [0.05, 0.1) is 12.5 Å². The van der Waals surface area contributed by atoms with Crippen molar-refractivity contribution < 1.29 is 19.1 Å². The summed E-state index contributed by atoms with van der Waals surface area (Å²) in [4.78, 5) is 22.8. The van der Waals surface area contributed by atoms with Gasteiger partial charge in [0.25, 0.3) is 0 Å². The van der Waals surface area contributed by atoms with E-state index in [0.29, 0.717) is 18.9 Å². The third-order valence-corrected chi connectivity index (χ3v) is 2.65. The summed E-state index contributed by atoms with van der Waals surface area (Å²) < 4.78 is 10.1. The number of rotatable bonds is 5. The summed E-state index contributed by atoms with van der Waals surface area (Å²) in [5, 5.41) is 0. The normalized spacial score (nSPS) is 23.1. The van der Waals surface area contributed by atoms with Crippen molar-refractivity contribution in [3.05, 3.63) is 0 Å². The maximum Gasteiger partial charge on any atom is 0.309 e. The Morgan fingerprint density at radius 2 is 1.94 bits per heavy atom. The van der Waals surface area contributed by atoms with Gasteiger partial charge in [0, 0.05) is 6.42 Å². The monoisotopic (exact) mass is 242 g/mol. The van der Waals surface area contributed by atoms with Crippen LogP contribution < -0.4 is 0 Å². The Morgan fingerprint density at radius 3 is 2.47 bits per heavy atom. The second-order valence-electron chi connectivity index (χ2n) is 5.48. The van der Waals surface area contributed by atoms with Crippen LogP contribution in [0.4, 0.5) is 0 Å². The van der Waals surface area contributed by atoms with E-state index in [2.05, 4.69) is 0 Å². The average Bonchev–Trinajstić information content (AvgIpc) is 2.91. The minimum absolute atomic E-state index is 0.0115. The molecule has 0 saturated heterocycles. The molecule has 1 fully saturated rings. The molecule has 0 spiro atoms. The molecule has 0 heterocycles. The standard InChI is InChI=1S/C13H22O4/c1-5-16-12(15)10-8-9(10)6-7-11(14)17-13(2,3)4/h9-10H,5-8H2,1-4H3/t9-,10-/m0/s1. The van der Waals surface area contributed by atoms with Gasteiger partial charge >= 0.3 is 11.9 Å². The van der Waals surface area contributed by atoms with E-state index in [1.807, 2.05) is 20.8 Å². The average molecular weight is 242 g/mol. The van der Waals surface area contributed by atoms with E-state index in [0.717, 1.165) is 12.8 Å².